The molecule has 24 heavy (non-hydrogen) atoms. The minimum atomic E-state index is -0.466. The van der Waals surface area contributed by atoms with Gasteiger partial charge in [0.15, 0.2) is 6.10 Å². The highest BCUT2D eigenvalue weighted by Gasteiger charge is 2.51. The summed E-state index contributed by atoms with van der Waals surface area (Å²) in [6, 6.07) is 9.56. The molecule has 1 aromatic carbocycles. The predicted octanol–water partition coefficient (Wildman–Crippen LogP) is 1.38. The number of amides is 1. The third kappa shape index (κ3) is 4.26. The summed E-state index contributed by atoms with van der Waals surface area (Å²) in [4.78, 5) is 12.0. The molecule has 2 fully saturated rings. The number of para-hydroxylation sites is 1. The van der Waals surface area contributed by atoms with E-state index in [0.29, 0.717) is 30.9 Å². The van der Waals surface area contributed by atoms with Crippen molar-refractivity contribution in [3.8, 4) is 0 Å². The van der Waals surface area contributed by atoms with Crippen LogP contribution in [-0.4, -0.2) is 50.2 Å². The summed E-state index contributed by atoms with van der Waals surface area (Å²) in [6.07, 6.45) is 0.208. The zero-order valence-corrected chi connectivity index (χ0v) is 14.3. The number of carbonyl (C=O) groups is 1. The van der Waals surface area contributed by atoms with Gasteiger partial charge in [-0.1, -0.05) is 32.0 Å². The lowest BCUT2D eigenvalue weighted by atomic mass is 10.1. The Morgan fingerprint density at radius 3 is 2.75 bits per heavy atom. The van der Waals surface area contributed by atoms with E-state index in [9.17, 15) is 4.79 Å². The molecule has 132 valence electrons. The van der Waals surface area contributed by atoms with Gasteiger partial charge in [-0.2, -0.15) is 0 Å². The molecule has 0 bridgehead atoms. The number of nitrogens with one attached hydrogen (secondary N) is 1. The maximum atomic E-state index is 12.0. The highest BCUT2D eigenvalue weighted by Crippen LogP contribution is 2.27. The lowest BCUT2D eigenvalue weighted by molar-refractivity contribution is -0.693. The SMILES string of the molecule is CC(C)CC[NH2+][C@H]1CO[C@H]2[C@@H]1OC[C@H]2OC(=O)Nc1ccccc1. The topological polar surface area (TPSA) is 73.4 Å². The molecule has 6 heteroatoms. The molecule has 3 rings (SSSR count). The Labute approximate surface area is 142 Å². The van der Waals surface area contributed by atoms with E-state index in [1.165, 1.54) is 6.42 Å². The fourth-order valence-corrected chi connectivity index (χ4v) is 3.25. The van der Waals surface area contributed by atoms with Gasteiger partial charge in [-0.05, 0) is 24.5 Å². The fraction of sp³-hybridized carbons (Fsp3) is 0.611. The Morgan fingerprint density at radius 2 is 2.00 bits per heavy atom. The summed E-state index contributed by atoms with van der Waals surface area (Å²) in [5, 5.41) is 5.03. The number of rotatable bonds is 6. The highest BCUT2D eigenvalue weighted by molar-refractivity contribution is 5.84. The minimum absolute atomic E-state index is 0.00619. The van der Waals surface area contributed by atoms with Crippen LogP contribution in [0.4, 0.5) is 10.5 Å². The molecular weight excluding hydrogens is 308 g/mol. The van der Waals surface area contributed by atoms with Crippen LogP contribution in [0.2, 0.25) is 0 Å². The van der Waals surface area contributed by atoms with Crippen molar-refractivity contribution in [3.63, 3.8) is 0 Å². The first-order chi connectivity index (χ1) is 11.6. The lowest BCUT2D eigenvalue weighted by Crippen LogP contribution is -2.93. The average Bonchev–Trinajstić information content (AvgIpc) is 3.12. The fourth-order valence-electron chi connectivity index (χ4n) is 3.25. The molecule has 0 unspecified atom stereocenters. The summed E-state index contributed by atoms with van der Waals surface area (Å²) < 4.78 is 17.2. The van der Waals surface area contributed by atoms with Crippen molar-refractivity contribution in [2.45, 2.75) is 44.6 Å². The summed E-state index contributed by atoms with van der Waals surface area (Å²) >= 11 is 0. The maximum absolute atomic E-state index is 12.0. The van der Waals surface area contributed by atoms with Crippen molar-refractivity contribution in [1.82, 2.24) is 0 Å². The van der Waals surface area contributed by atoms with Gasteiger partial charge in [0.1, 0.15) is 24.9 Å². The zero-order chi connectivity index (χ0) is 16.9. The van der Waals surface area contributed by atoms with Crippen molar-refractivity contribution < 1.29 is 24.3 Å². The van der Waals surface area contributed by atoms with Crippen molar-refractivity contribution in [3.05, 3.63) is 30.3 Å². The number of fused-ring (bicyclic) bond motifs is 1. The van der Waals surface area contributed by atoms with Crippen LogP contribution in [0.15, 0.2) is 30.3 Å². The summed E-state index contributed by atoms with van der Waals surface area (Å²) in [6.45, 7) is 6.56. The van der Waals surface area contributed by atoms with Gasteiger partial charge in [0.2, 0.25) is 0 Å². The average molecular weight is 335 g/mol. The summed E-state index contributed by atoms with van der Waals surface area (Å²) in [7, 11) is 0. The summed E-state index contributed by atoms with van der Waals surface area (Å²) in [5.74, 6) is 0.696. The molecule has 0 aromatic heterocycles. The molecule has 2 aliphatic heterocycles. The van der Waals surface area contributed by atoms with Crippen molar-refractivity contribution >= 4 is 11.8 Å². The van der Waals surface area contributed by atoms with Crippen molar-refractivity contribution in [2.75, 3.05) is 25.1 Å². The molecule has 0 saturated carbocycles. The van der Waals surface area contributed by atoms with Gasteiger partial charge in [-0.3, -0.25) is 5.32 Å². The van der Waals surface area contributed by atoms with E-state index in [4.69, 9.17) is 14.2 Å². The number of ether oxygens (including phenoxy) is 3. The Balaban J connectivity index is 1.46. The van der Waals surface area contributed by atoms with E-state index in [-0.39, 0.29) is 18.3 Å². The van der Waals surface area contributed by atoms with Gasteiger partial charge in [0.25, 0.3) is 0 Å². The monoisotopic (exact) mass is 335 g/mol. The van der Waals surface area contributed by atoms with Gasteiger partial charge >= 0.3 is 6.09 Å². The molecule has 6 nitrogen and oxygen atoms in total. The summed E-state index contributed by atoms with van der Waals surface area (Å²) in [5.41, 5.74) is 0.713. The molecule has 2 aliphatic rings. The molecular formula is C18H27N2O4+. The zero-order valence-electron chi connectivity index (χ0n) is 14.3. The number of nitrogens with two attached hydrogens (primary N) is 1. The van der Waals surface area contributed by atoms with E-state index in [1.807, 2.05) is 30.3 Å². The smallest absolute Gasteiger partial charge is 0.412 e. The lowest BCUT2D eigenvalue weighted by Gasteiger charge is -2.17. The van der Waals surface area contributed by atoms with Crippen LogP contribution in [-0.2, 0) is 14.2 Å². The van der Waals surface area contributed by atoms with Crippen LogP contribution in [0.1, 0.15) is 20.3 Å². The molecule has 2 heterocycles. The normalized spacial score (nSPS) is 28.8. The second kappa shape index (κ2) is 7.96. The van der Waals surface area contributed by atoms with Crippen LogP contribution in [0.3, 0.4) is 0 Å². The second-order valence-corrected chi connectivity index (χ2v) is 6.90. The van der Waals surface area contributed by atoms with Crippen molar-refractivity contribution in [1.29, 1.82) is 0 Å². The third-order valence-electron chi connectivity index (χ3n) is 4.54. The predicted molar refractivity (Wildman–Crippen MR) is 89.8 cm³/mol. The number of anilines is 1. The molecule has 1 aromatic rings. The van der Waals surface area contributed by atoms with E-state index in [0.717, 1.165) is 6.54 Å². The number of hydrogen-bond donors (Lipinski definition) is 2. The first-order valence-electron chi connectivity index (χ1n) is 8.72. The minimum Gasteiger partial charge on any atom is -0.441 e. The Morgan fingerprint density at radius 1 is 1.25 bits per heavy atom. The maximum Gasteiger partial charge on any atom is 0.412 e. The quantitative estimate of drug-likeness (QED) is 0.824. The first-order valence-corrected chi connectivity index (χ1v) is 8.72. The van der Waals surface area contributed by atoms with Crippen molar-refractivity contribution in [2.24, 2.45) is 5.92 Å². The van der Waals surface area contributed by atoms with Gasteiger partial charge in [-0.15, -0.1) is 0 Å². The van der Waals surface area contributed by atoms with Crippen LogP contribution >= 0.6 is 0 Å². The highest BCUT2D eigenvalue weighted by atomic mass is 16.6. The molecule has 2 saturated heterocycles. The molecule has 4 atom stereocenters. The molecule has 0 spiro atoms. The van der Waals surface area contributed by atoms with Gasteiger partial charge < -0.3 is 19.5 Å². The van der Waals surface area contributed by atoms with Crippen LogP contribution in [0.25, 0.3) is 0 Å². The Hall–Kier alpha value is -1.63. The van der Waals surface area contributed by atoms with E-state index >= 15 is 0 Å². The number of carbonyl (C=O) groups excluding carboxylic acids is 1. The van der Waals surface area contributed by atoms with E-state index in [1.54, 1.807) is 0 Å². The van der Waals surface area contributed by atoms with Gasteiger partial charge in [0.05, 0.1) is 13.2 Å². The molecule has 0 radical (unpaired) electrons. The van der Waals surface area contributed by atoms with Crippen LogP contribution < -0.4 is 10.6 Å². The Bertz CT molecular complexity index is 537. The second-order valence-electron chi connectivity index (χ2n) is 6.90. The molecule has 1 amide bonds. The van der Waals surface area contributed by atoms with Gasteiger partial charge in [-0.25, -0.2) is 4.79 Å². The Kier molecular flexibility index (Phi) is 5.71. The largest absolute Gasteiger partial charge is 0.441 e. The number of benzene rings is 1. The van der Waals surface area contributed by atoms with Gasteiger partial charge in [0, 0.05) is 5.69 Å². The molecule has 3 N–H and O–H groups in total. The number of quaternary nitrogens is 1. The van der Waals surface area contributed by atoms with E-state index < -0.39 is 6.09 Å². The van der Waals surface area contributed by atoms with Crippen LogP contribution in [0.5, 0.6) is 0 Å². The first kappa shape index (κ1) is 17.2. The van der Waals surface area contributed by atoms with E-state index in [2.05, 4.69) is 24.5 Å². The standard InChI is InChI=1S/C18H26N2O4/c1-12(2)8-9-19-14-10-22-17-15(11-23-16(14)17)24-18(21)20-13-6-4-3-5-7-13/h3-7,12,14-17,19H,8-11H2,1-2H3,(H,20,21)/p+1/t14-,15+,16+,17+/m0/s1. The molecule has 0 aliphatic carbocycles. The number of hydrogen-bond acceptors (Lipinski definition) is 4. The third-order valence-corrected chi connectivity index (χ3v) is 4.54. The van der Waals surface area contributed by atoms with Crippen LogP contribution in [0, 0.1) is 5.92 Å².